The highest BCUT2D eigenvalue weighted by molar-refractivity contribution is 7.92. The second-order valence-corrected chi connectivity index (χ2v) is 14.3. The minimum atomic E-state index is -3.96. The summed E-state index contributed by atoms with van der Waals surface area (Å²) >= 11 is 0. The minimum absolute atomic E-state index is 0.00193. The van der Waals surface area contributed by atoms with E-state index >= 15 is 0 Å². The summed E-state index contributed by atoms with van der Waals surface area (Å²) in [6.07, 6.45) is 7.55. The number of hydrogen-bond donors (Lipinski definition) is 4. The summed E-state index contributed by atoms with van der Waals surface area (Å²) in [7, 11) is -0.721. The molecule has 13 heteroatoms. The van der Waals surface area contributed by atoms with Crippen LogP contribution in [0.1, 0.15) is 58.3 Å². The number of nitrogens with one attached hydrogen (secondary N) is 4. The third-order valence-electron chi connectivity index (χ3n) is 8.79. The number of H-pyrrole nitrogens is 1. The van der Waals surface area contributed by atoms with Gasteiger partial charge in [0.1, 0.15) is 11.8 Å². The third-order valence-corrected chi connectivity index (χ3v) is 10.2. The summed E-state index contributed by atoms with van der Waals surface area (Å²) in [5.74, 6) is 1.50. The lowest BCUT2D eigenvalue weighted by Crippen LogP contribution is -2.30. The number of aromatic amines is 1. The van der Waals surface area contributed by atoms with Crippen molar-refractivity contribution in [3.8, 4) is 23.3 Å². The Hall–Kier alpha value is -6.00. The van der Waals surface area contributed by atoms with Gasteiger partial charge in [-0.25, -0.2) is 8.42 Å². The van der Waals surface area contributed by atoms with Gasteiger partial charge in [-0.1, -0.05) is 24.3 Å². The monoisotopic (exact) mass is 750 g/mol. The number of carbonyl (C=O) groups excluding carboxylic acids is 2. The lowest BCUT2D eigenvalue weighted by molar-refractivity contribution is -0.123. The number of anilines is 1. The van der Waals surface area contributed by atoms with E-state index in [4.69, 9.17) is 14.2 Å². The fourth-order valence-electron chi connectivity index (χ4n) is 5.91. The average molecular weight is 751 g/mol. The van der Waals surface area contributed by atoms with E-state index in [1.807, 2.05) is 49.4 Å². The molecule has 12 nitrogen and oxygen atoms in total. The molecule has 0 aliphatic rings. The zero-order valence-corrected chi connectivity index (χ0v) is 31.3. The first-order valence-electron chi connectivity index (χ1n) is 17.6. The van der Waals surface area contributed by atoms with Gasteiger partial charge in [-0.3, -0.25) is 14.3 Å². The number of ether oxygens (including phenoxy) is 3. The number of aryl methyl sites for hydroxylation is 2. The van der Waals surface area contributed by atoms with Crippen molar-refractivity contribution < 1.29 is 32.2 Å². The highest BCUT2D eigenvalue weighted by Crippen LogP contribution is 2.31. The molecule has 0 atom stereocenters. The van der Waals surface area contributed by atoms with Gasteiger partial charge in [0.15, 0.2) is 18.1 Å². The second-order valence-electron chi connectivity index (χ2n) is 12.6. The summed E-state index contributed by atoms with van der Waals surface area (Å²) in [5, 5.41) is 15.8. The molecule has 4 aromatic carbocycles. The smallest absolute Gasteiger partial charge is 0.261 e. The summed E-state index contributed by atoms with van der Waals surface area (Å²) in [6.45, 7) is 2.68. The molecule has 0 aliphatic carbocycles. The molecule has 0 bridgehead atoms. The maximum absolute atomic E-state index is 13.1. The van der Waals surface area contributed by atoms with Crippen LogP contribution in [-0.4, -0.2) is 59.1 Å². The number of sulfonamides is 1. The van der Waals surface area contributed by atoms with Gasteiger partial charge < -0.3 is 29.8 Å². The van der Waals surface area contributed by atoms with Gasteiger partial charge in [0.2, 0.25) is 0 Å². The zero-order chi connectivity index (χ0) is 38.5. The average Bonchev–Trinajstić information content (AvgIpc) is 3.63. The molecule has 281 valence electrons. The first-order chi connectivity index (χ1) is 26.1. The van der Waals surface area contributed by atoms with E-state index in [0.29, 0.717) is 64.5 Å². The van der Waals surface area contributed by atoms with E-state index in [9.17, 15) is 23.3 Å². The maximum atomic E-state index is 13.1. The number of hydrogen-bond acceptors (Lipinski definition) is 8. The van der Waals surface area contributed by atoms with Crippen molar-refractivity contribution in [3.63, 3.8) is 0 Å². The summed E-state index contributed by atoms with van der Waals surface area (Å²) in [4.78, 5) is 28.0. The number of carbonyl (C=O) groups is 2. The van der Waals surface area contributed by atoms with Gasteiger partial charge in [0.05, 0.1) is 35.9 Å². The Bertz CT molecular complexity index is 2230. The predicted octanol–water partition coefficient (Wildman–Crippen LogP) is 6.45. The van der Waals surface area contributed by atoms with Gasteiger partial charge in [-0.15, -0.1) is 0 Å². The number of fused-ring (bicyclic) bond motifs is 1. The van der Waals surface area contributed by atoms with E-state index in [1.54, 1.807) is 32.5 Å². The fourth-order valence-corrected chi connectivity index (χ4v) is 6.99. The molecule has 0 saturated carbocycles. The van der Waals surface area contributed by atoms with Crippen molar-refractivity contribution in [1.82, 2.24) is 15.6 Å². The molecule has 0 unspecified atom stereocenters. The Labute approximate surface area is 315 Å². The first-order valence-corrected chi connectivity index (χ1v) is 19.1. The molecule has 5 rings (SSSR count). The van der Waals surface area contributed by atoms with Crippen LogP contribution < -0.4 is 29.6 Å². The van der Waals surface area contributed by atoms with Crippen molar-refractivity contribution in [1.29, 1.82) is 5.26 Å². The lowest BCUT2D eigenvalue weighted by atomic mass is 10.0. The fraction of sp³-hybridized carbons (Fsp3) is 0.268. The van der Waals surface area contributed by atoms with Gasteiger partial charge in [-0.2, -0.15) is 5.26 Å². The standard InChI is InChI=1S/C41H44N5O7S/c1-28-13-19-35(40-39(28)32(25-42)26-45-40)46-54(49,50)34-17-15-31(16-18-34)41(48)44-22-6-4-5-21-43-38(47)27-53-33-12-8-11-29(23-33)9-7-10-30-14-20-36(51-2)37(24-30)52-3/h8-9,11-20,23-24,26,45-46H,4-7,10,21-22,27H2,1-3H3,(H,43,47)(H,44,48). The number of rotatable bonds is 19. The van der Waals surface area contributed by atoms with E-state index in [1.165, 1.54) is 24.3 Å². The van der Waals surface area contributed by atoms with Crippen LogP contribution in [0.3, 0.4) is 0 Å². The molecule has 1 aromatic heterocycles. The first kappa shape index (κ1) is 39.2. The van der Waals surface area contributed by atoms with E-state index in [0.717, 1.165) is 42.4 Å². The normalized spacial score (nSPS) is 11.1. The third kappa shape index (κ3) is 10.3. The molecule has 0 saturated heterocycles. The zero-order valence-electron chi connectivity index (χ0n) is 30.5. The van der Waals surface area contributed by atoms with Gasteiger partial charge in [0, 0.05) is 30.2 Å². The van der Waals surface area contributed by atoms with Crippen molar-refractivity contribution in [2.24, 2.45) is 0 Å². The van der Waals surface area contributed by atoms with Crippen molar-refractivity contribution >= 4 is 38.4 Å². The Morgan fingerprint density at radius 1 is 0.889 bits per heavy atom. The van der Waals surface area contributed by atoms with Crippen LogP contribution in [0.25, 0.3) is 10.9 Å². The number of nitriles is 1. The number of methoxy groups -OCH3 is 2. The van der Waals surface area contributed by atoms with Crippen molar-refractivity contribution in [3.05, 3.63) is 119 Å². The Balaban J connectivity index is 0.958. The highest BCUT2D eigenvalue weighted by atomic mass is 32.2. The van der Waals surface area contributed by atoms with Crippen LogP contribution in [-0.2, 0) is 21.2 Å². The molecule has 0 fully saturated rings. The van der Waals surface area contributed by atoms with Crippen LogP contribution in [0, 0.1) is 24.7 Å². The molecular formula is C41H44N5O7S. The van der Waals surface area contributed by atoms with Crippen LogP contribution in [0.4, 0.5) is 5.69 Å². The molecule has 1 heterocycles. The molecule has 0 aliphatic heterocycles. The Morgan fingerprint density at radius 3 is 2.39 bits per heavy atom. The van der Waals surface area contributed by atoms with Gasteiger partial charge >= 0.3 is 0 Å². The van der Waals surface area contributed by atoms with Crippen LogP contribution in [0.5, 0.6) is 17.2 Å². The molecular weight excluding hydrogens is 707 g/mol. The van der Waals surface area contributed by atoms with Gasteiger partial charge in [0.25, 0.3) is 21.8 Å². The van der Waals surface area contributed by atoms with E-state index in [2.05, 4.69) is 32.8 Å². The quantitative estimate of drug-likeness (QED) is 0.0698. The molecule has 1 radical (unpaired) electrons. The molecule has 0 spiro atoms. The predicted molar refractivity (Wildman–Crippen MR) is 207 cm³/mol. The highest BCUT2D eigenvalue weighted by Gasteiger charge is 2.19. The molecule has 2 amide bonds. The van der Waals surface area contributed by atoms with E-state index in [-0.39, 0.29) is 23.3 Å². The van der Waals surface area contributed by atoms with Crippen LogP contribution in [0.15, 0.2) is 90.0 Å². The van der Waals surface area contributed by atoms with Crippen LogP contribution in [0.2, 0.25) is 0 Å². The molecule has 54 heavy (non-hydrogen) atoms. The summed E-state index contributed by atoms with van der Waals surface area (Å²) < 4.78 is 45.2. The topological polar surface area (TPSA) is 172 Å². The Morgan fingerprint density at radius 2 is 1.65 bits per heavy atom. The largest absolute Gasteiger partial charge is 0.493 e. The van der Waals surface area contributed by atoms with Crippen LogP contribution >= 0.6 is 0 Å². The van der Waals surface area contributed by atoms with Gasteiger partial charge in [-0.05, 0) is 117 Å². The van der Waals surface area contributed by atoms with Crippen molar-refractivity contribution in [2.45, 2.75) is 43.9 Å². The number of aromatic nitrogens is 1. The number of amides is 2. The number of unbranched alkanes of at least 4 members (excludes halogenated alkanes) is 2. The minimum Gasteiger partial charge on any atom is -0.493 e. The molecule has 4 N–H and O–H groups in total. The lowest BCUT2D eigenvalue weighted by Gasteiger charge is -2.11. The number of nitrogens with zero attached hydrogens (tertiary/aromatic N) is 1. The van der Waals surface area contributed by atoms with Crippen molar-refractivity contribution in [2.75, 3.05) is 38.6 Å². The maximum Gasteiger partial charge on any atom is 0.261 e. The number of benzene rings is 4. The van der Waals surface area contributed by atoms with E-state index < -0.39 is 10.0 Å². The summed E-state index contributed by atoms with van der Waals surface area (Å²) in [6, 6.07) is 24.7. The molecule has 5 aromatic rings. The summed E-state index contributed by atoms with van der Waals surface area (Å²) in [5.41, 5.74) is 4.60. The Kier molecular flexibility index (Phi) is 13.6. The SMILES string of the molecule is COc1ccc(CC[CH]c2cccc(OCC(=O)NCCCCCNC(=O)c3ccc(S(=O)(=O)Nc4ccc(C)c5c(C#N)c[nH]c45)cc3)c2)cc1OC. The second kappa shape index (κ2) is 18.7.